The van der Waals surface area contributed by atoms with Crippen molar-refractivity contribution in [2.24, 2.45) is 6.98 Å². The smallest absolute Gasteiger partial charge is 0.292 e. The van der Waals surface area contributed by atoms with Crippen LogP contribution in [0.15, 0.2) is 48.9 Å². The predicted molar refractivity (Wildman–Crippen MR) is 76.4 cm³/mol. The van der Waals surface area contributed by atoms with Gasteiger partial charge in [0.2, 0.25) is 0 Å². The van der Waals surface area contributed by atoms with E-state index in [4.69, 9.17) is 4.11 Å². The fourth-order valence-corrected chi connectivity index (χ4v) is 3.20. The second-order valence-corrected chi connectivity index (χ2v) is 5.10. The molecule has 0 spiro atoms. The van der Waals surface area contributed by atoms with Gasteiger partial charge in [-0.3, -0.25) is 4.98 Å². The molecular formula is C16H13N4+. The molecule has 0 atom stereocenters. The maximum absolute atomic E-state index is 8.05. The molecule has 0 amide bonds. The number of imidazole rings is 1. The number of aryl methyl sites for hydroxylation is 1. The summed E-state index contributed by atoms with van der Waals surface area (Å²) in [4.78, 5) is 4.41. The van der Waals surface area contributed by atoms with E-state index in [0.717, 1.165) is 27.8 Å². The van der Waals surface area contributed by atoms with Crippen molar-refractivity contribution in [3.05, 3.63) is 54.6 Å². The van der Waals surface area contributed by atoms with Crippen molar-refractivity contribution in [2.75, 3.05) is 0 Å². The van der Waals surface area contributed by atoms with Crippen LogP contribution in [0.4, 0.5) is 0 Å². The molecule has 0 radical (unpaired) electrons. The third-order valence-electron chi connectivity index (χ3n) is 4.06. The van der Waals surface area contributed by atoms with Gasteiger partial charge in [-0.2, -0.15) is 0 Å². The molecule has 0 aromatic carbocycles. The molecule has 0 fully saturated rings. The lowest BCUT2D eigenvalue weighted by Crippen LogP contribution is -2.29. The van der Waals surface area contributed by atoms with Gasteiger partial charge < -0.3 is 4.40 Å². The molecule has 4 nitrogen and oxygen atoms in total. The Morgan fingerprint density at radius 2 is 2.25 bits per heavy atom. The van der Waals surface area contributed by atoms with Crippen LogP contribution >= 0.6 is 0 Å². The van der Waals surface area contributed by atoms with E-state index in [2.05, 4.69) is 4.98 Å². The van der Waals surface area contributed by atoms with Gasteiger partial charge in [0.15, 0.2) is 11.0 Å². The third kappa shape index (κ3) is 1.04. The van der Waals surface area contributed by atoms with Crippen LogP contribution in [0.25, 0.3) is 27.9 Å². The van der Waals surface area contributed by atoms with Crippen molar-refractivity contribution in [1.29, 1.82) is 0 Å². The Morgan fingerprint density at radius 1 is 1.25 bits per heavy atom. The first-order valence-electron chi connectivity index (χ1n) is 8.04. The van der Waals surface area contributed by atoms with Gasteiger partial charge in [0.05, 0.1) is 34.1 Å². The van der Waals surface area contributed by atoms with Crippen LogP contribution in [0, 0.1) is 0 Å². The van der Waals surface area contributed by atoms with Gasteiger partial charge in [-0.15, -0.1) is 0 Å². The zero-order chi connectivity index (χ0) is 15.8. The second-order valence-electron chi connectivity index (χ2n) is 5.10. The summed E-state index contributed by atoms with van der Waals surface area (Å²) < 4.78 is 29.6. The van der Waals surface area contributed by atoms with Crippen LogP contribution in [-0.2, 0) is 13.5 Å². The van der Waals surface area contributed by atoms with Crippen molar-refractivity contribution in [3.8, 4) is 11.4 Å². The molecule has 20 heavy (non-hydrogen) atoms. The number of hydrogen-bond donors (Lipinski definition) is 0. The molecule has 4 aromatic heterocycles. The number of hydrogen-bond acceptors (Lipinski definition) is 1. The summed E-state index contributed by atoms with van der Waals surface area (Å²) in [5, 5.41) is 0. The van der Waals surface area contributed by atoms with E-state index in [1.165, 1.54) is 4.57 Å². The minimum atomic E-state index is -2.26. The van der Waals surface area contributed by atoms with Gasteiger partial charge in [0.1, 0.15) is 6.54 Å². The van der Waals surface area contributed by atoms with Crippen molar-refractivity contribution < 1.29 is 8.68 Å². The molecule has 0 saturated heterocycles. The minimum Gasteiger partial charge on any atom is -0.316 e. The quantitative estimate of drug-likeness (QED) is 0.394. The van der Waals surface area contributed by atoms with Gasteiger partial charge in [-0.05, 0) is 24.3 Å². The van der Waals surface area contributed by atoms with Crippen LogP contribution in [0.3, 0.4) is 0 Å². The van der Waals surface area contributed by atoms with E-state index in [0.29, 0.717) is 12.4 Å². The van der Waals surface area contributed by atoms with Gasteiger partial charge in [-0.1, -0.05) is 6.07 Å². The van der Waals surface area contributed by atoms with E-state index < -0.39 is 6.98 Å². The lowest BCUT2D eigenvalue weighted by Gasteiger charge is -1.96. The molecule has 5 rings (SSSR count). The average Bonchev–Trinajstić information content (AvgIpc) is 3.13. The summed E-state index contributed by atoms with van der Waals surface area (Å²) in [6.45, 7) is -1.66. The molecule has 5 heterocycles. The van der Waals surface area contributed by atoms with Crippen LogP contribution in [0.5, 0.6) is 0 Å². The molecule has 0 bridgehead atoms. The summed E-state index contributed by atoms with van der Waals surface area (Å²) in [6, 6.07) is 9.61. The van der Waals surface area contributed by atoms with Crippen LogP contribution in [0.2, 0.25) is 0 Å². The first-order valence-corrected chi connectivity index (χ1v) is 6.54. The molecule has 0 unspecified atom stereocenters. The zero-order valence-corrected chi connectivity index (χ0v) is 10.6. The number of rotatable bonds is 0. The normalized spacial score (nSPS) is 15.9. The highest BCUT2D eigenvalue weighted by molar-refractivity contribution is 5.91. The van der Waals surface area contributed by atoms with E-state index in [1.807, 2.05) is 51.7 Å². The van der Waals surface area contributed by atoms with Crippen LogP contribution < -0.4 is 4.57 Å². The highest BCUT2D eigenvalue weighted by Gasteiger charge is 2.34. The van der Waals surface area contributed by atoms with Gasteiger partial charge in [0, 0.05) is 12.4 Å². The van der Waals surface area contributed by atoms with Crippen molar-refractivity contribution in [2.45, 2.75) is 6.54 Å². The lowest BCUT2D eigenvalue weighted by molar-refractivity contribution is -0.633. The van der Waals surface area contributed by atoms with Crippen LogP contribution in [-0.4, -0.2) is 14.0 Å². The average molecular weight is 264 g/mol. The molecule has 4 heteroatoms. The second kappa shape index (κ2) is 3.28. The van der Waals surface area contributed by atoms with Gasteiger partial charge in [0.25, 0.3) is 5.82 Å². The summed E-state index contributed by atoms with van der Waals surface area (Å²) in [5.74, 6) is 0.712. The summed E-state index contributed by atoms with van der Waals surface area (Å²) in [6.07, 6.45) is 5.67. The van der Waals surface area contributed by atoms with E-state index in [9.17, 15) is 0 Å². The largest absolute Gasteiger partial charge is 0.316 e. The van der Waals surface area contributed by atoms with E-state index in [-0.39, 0.29) is 0 Å². The summed E-state index contributed by atoms with van der Waals surface area (Å²) in [5.41, 5.74) is 4.37. The maximum Gasteiger partial charge on any atom is 0.292 e. The Morgan fingerprint density at radius 3 is 3.20 bits per heavy atom. The molecule has 96 valence electrons. The van der Waals surface area contributed by atoms with Crippen LogP contribution in [0.1, 0.15) is 9.81 Å². The van der Waals surface area contributed by atoms with E-state index in [1.54, 1.807) is 6.20 Å². The number of nitrogens with zero attached hydrogens (tertiary/aromatic N) is 4. The Kier molecular flexibility index (Phi) is 1.29. The standard InChI is InChI=1S/C16H13N4/c1-18-15-13-6-2-3-8-19(13)10-14(15)20-9-12-11(16(18)20)5-4-7-17-12/h2-8,10H,9H2,1H3/q+1/i1D3. The molecule has 4 aromatic rings. The Bertz CT molecular complexity index is 1090. The Labute approximate surface area is 119 Å². The molecule has 0 N–H and O–H groups in total. The Balaban J connectivity index is 2.01. The van der Waals surface area contributed by atoms with Gasteiger partial charge >= 0.3 is 0 Å². The predicted octanol–water partition coefficient (Wildman–Crippen LogP) is 2.14. The van der Waals surface area contributed by atoms with Crippen molar-refractivity contribution >= 4 is 16.6 Å². The topological polar surface area (TPSA) is 26.1 Å². The van der Waals surface area contributed by atoms with Crippen molar-refractivity contribution in [3.63, 3.8) is 0 Å². The first kappa shape index (κ1) is 7.85. The third-order valence-corrected chi connectivity index (χ3v) is 4.06. The first-order chi connectivity index (χ1) is 11.1. The fraction of sp³-hybridized carbons (Fsp3) is 0.125. The Hall–Kier alpha value is -2.62. The maximum atomic E-state index is 8.05. The SMILES string of the molecule is [2H]C([2H])([2H])[n+]1c2n(c3cn4ccccc4c31)Cc1ncccc1-2. The monoisotopic (exact) mass is 264 g/mol. The van der Waals surface area contributed by atoms with Crippen molar-refractivity contribution in [1.82, 2.24) is 14.0 Å². The fourth-order valence-electron chi connectivity index (χ4n) is 3.20. The highest BCUT2D eigenvalue weighted by atomic mass is 15.2. The van der Waals surface area contributed by atoms with E-state index >= 15 is 0 Å². The molecule has 0 aliphatic carbocycles. The highest BCUT2D eigenvalue weighted by Crippen LogP contribution is 2.33. The molecule has 1 aliphatic heterocycles. The zero-order valence-electron chi connectivity index (χ0n) is 13.6. The number of fused-ring (bicyclic) bond motifs is 7. The molecule has 0 saturated carbocycles. The minimum absolute atomic E-state index is 0.599. The van der Waals surface area contributed by atoms with Gasteiger partial charge in [-0.25, -0.2) is 9.13 Å². The number of aromatic nitrogens is 4. The number of pyridine rings is 2. The molecule has 1 aliphatic rings. The summed E-state index contributed by atoms with van der Waals surface area (Å²) in [7, 11) is 0. The molecular weight excluding hydrogens is 248 g/mol. The lowest BCUT2D eigenvalue weighted by atomic mass is 10.2. The summed E-state index contributed by atoms with van der Waals surface area (Å²) >= 11 is 0.